The van der Waals surface area contributed by atoms with E-state index >= 15 is 0 Å². The predicted octanol–water partition coefficient (Wildman–Crippen LogP) is 1.42. The first-order valence-electron chi connectivity index (χ1n) is 9.52. The van der Waals surface area contributed by atoms with Crippen LogP contribution >= 0.6 is 0 Å². The highest BCUT2D eigenvalue weighted by atomic mass is 16.5. The minimum atomic E-state index is -0.597. The van der Waals surface area contributed by atoms with Gasteiger partial charge in [-0.1, -0.05) is 31.1 Å². The summed E-state index contributed by atoms with van der Waals surface area (Å²) < 4.78 is 6.18. The Bertz CT molecular complexity index is 759. The van der Waals surface area contributed by atoms with Gasteiger partial charge in [0.1, 0.15) is 5.60 Å². The number of ether oxygens (including phenoxy) is 1. The van der Waals surface area contributed by atoms with E-state index in [4.69, 9.17) is 4.74 Å². The van der Waals surface area contributed by atoms with Crippen molar-refractivity contribution in [3.8, 4) is 0 Å². The Morgan fingerprint density at radius 1 is 1.38 bits per heavy atom. The molecule has 26 heavy (non-hydrogen) atoms. The maximum atomic E-state index is 13.2. The highest BCUT2D eigenvalue weighted by Crippen LogP contribution is 2.52. The second-order valence-corrected chi connectivity index (χ2v) is 7.88. The van der Waals surface area contributed by atoms with Crippen LogP contribution in [0.25, 0.3) is 0 Å². The molecule has 1 aliphatic carbocycles. The molecule has 2 bridgehead atoms. The molecule has 1 aromatic rings. The molecule has 5 rings (SSSR count). The van der Waals surface area contributed by atoms with Gasteiger partial charge in [0.15, 0.2) is 0 Å². The van der Waals surface area contributed by atoms with Gasteiger partial charge in [-0.15, -0.1) is 0 Å². The van der Waals surface area contributed by atoms with Crippen molar-refractivity contribution in [2.45, 2.75) is 50.0 Å². The molecule has 2 saturated heterocycles. The van der Waals surface area contributed by atoms with Gasteiger partial charge in [0, 0.05) is 25.0 Å². The molecule has 1 aromatic heterocycles. The standard InChI is InChI=1S/C20H23N3O3/c24-18(22-11-13-4-3-9-21-10-13)16-15-7-8-20(26-15)12-23(19(25)17(16)20)14-5-1-2-6-14/h3-4,7-10,14-17H,1-2,5-6,11-12H2,(H,22,24)/t15-,16+,17+,20-/m0/s1. The Kier molecular flexibility index (Phi) is 3.64. The smallest absolute Gasteiger partial charge is 0.230 e. The van der Waals surface area contributed by atoms with Crippen LogP contribution in [0.1, 0.15) is 31.2 Å². The Balaban J connectivity index is 1.34. The number of fused-ring (bicyclic) bond motifs is 1. The lowest BCUT2D eigenvalue weighted by Crippen LogP contribution is -2.44. The van der Waals surface area contributed by atoms with Crippen LogP contribution in [0.4, 0.5) is 0 Å². The number of amides is 2. The number of aromatic nitrogens is 1. The van der Waals surface area contributed by atoms with Crippen LogP contribution in [0, 0.1) is 11.8 Å². The average molecular weight is 353 g/mol. The molecular weight excluding hydrogens is 330 g/mol. The van der Waals surface area contributed by atoms with Gasteiger partial charge in [0.05, 0.1) is 24.5 Å². The fourth-order valence-electron chi connectivity index (χ4n) is 5.16. The van der Waals surface area contributed by atoms with Crippen LogP contribution in [0.15, 0.2) is 36.7 Å². The van der Waals surface area contributed by atoms with Gasteiger partial charge in [0.25, 0.3) is 0 Å². The van der Waals surface area contributed by atoms with E-state index in [1.807, 2.05) is 29.2 Å². The van der Waals surface area contributed by atoms with E-state index in [1.165, 1.54) is 12.8 Å². The van der Waals surface area contributed by atoms with Crippen molar-refractivity contribution in [2.75, 3.05) is 6.54 Å². The van der Waals surface area contributed by atoms with Crippen LogP contribution in [-0.4, -0.2) is 46.0 Å². The first kappa shape index (κ1) is 16.0. The molecule has 1 saturated carbocycles. The van der Waals surface area contributed by atoms with Gasteiger partial charge in [-0.2, -0.15) is 0 Å². The van der Waals surface area contributed by atoms with Crippen molar-refractivity contribution in [1.29, 1.82) is 0 Å². The maximum absolute atomic E-state index is 13.2. The number of likely N-dealkylation sites (tertiary alicyclic amines) is 1. The SMILES string of the molecule is O=C(NCc1cccnc1)[C@@H]1[C@@H]2C=C[C@@]3(CN(C4CCCC4)C(=O)[C@@H]13)O2. The van der Waals surface area contributed by atoms with Gasteiger partial charge in [-0.05, 0) is 24.5 Å². The lowest BCUT2D eigenvalue weighted by atomic mass is 9.77. The van der Waals surface area contributed by atoms with Crippen molar-refractivity contribution >= 4 is 11.8 Å². The normalized spacial score (nSPS) is 35.3. The van der Waals surface area contributed by atoms with E-state index < -0.39 is 11.5 Å². The zero-order valence-electron chi connectivity index (χ0n) is 14.6. The number of hydrogen-bond acceptors (Lipinski definition) is 4. The second-order valence-electron chi connectivity index (χ2n) is 7.88. The lowest BCUT2D eigenvalue weighted by Gasteiger charge is -2.27. The Morgan fingerprint density at radius 2 is 2.23 bits per heavy atom. The fourth-order valence-corrected chi connectivity index (χ4v) is 5.16. The number of nitrogens with one attached hydrogen (secondary N) is 1. The molecule has 1 spiro atoms. The third kappa shape index (κ3) is 2.31. The van der Waals surface area contributed by atoms with Crippen LogP contribution in [-0.2, 0) is 20.9 Å². The number of hydrogen-bond donors (Lipinski definition) is 1. The minimum Gasteiger partial charge on any atom is -0.360 e. The third-order valence-electron chi connectivity index (χ3n) is 6.39. The first-order chi connectivity index (χ1) is 12.7. The molecule has 6 nitrogen and oxygen atoms in total. The number of rotatable bonds is 4. The topological polar surface area (TPSA) is 71.5 Å². The molecule has 3 fully saturated rings. The average Bonchev–Trinajstić information content (AvgIpc) is 3.42. The predicted molar refractivity (Wildman–Crippen MR) is 93.8 cm³/mol. The largest absolute Gasteiger partial charge is 0.360 e. The van der Waals surface area contributed by atoms with Crippen LogP contribution in [0.3, 0.4) is 0 Å². The summed E-state index contributed by atoms with van der Waals surface area (Å²) in [4.78, 5) is 32.1. The number of carbonyl (C=O) groups is 2. The van der Waals surface area contributed by atoms with Crippen molar-refractivity contribution in [1.82, 2.24) is 15.2 Å². The Labute approximate surface area is 152 Å². The molecule has 3 aliphatic heterocycles. The second kappa shape index (κ2) is 5.91. The van der Waals surface area contributed by atoms with Gasteiger partial charge >= 0.3 is 0 Å². The van der Waals surface area contributed by atoms with Crippen LogP contribution < -0.4 is 5.32 Å². The quantitative estimate of drug-likeness (QED) is 0.831. The molecule has 2 amide bonds. The molecule has 6 heteroatoms. The summed E-state index contributed by atoms with van der Waals surface area (Å²) in [6.07, 6.45) is 11.7. The molecule has 1 N–H and O–H groups in total. The van der Waals surface area contributed by atoms with E-state index in [2.05, 4.69) is 10.3 Å². The molecule has 0 aromatic carbocycles. The van der Waals surface area contributed by atoms with Crippen molar-refractivity contribution in [3.05, 3.63) is 42.2 Å². The van der Waals surface area contributed by atoms with E-state index in [-0.39, 0.29) is 23.8 Å². The van der Waals surface area contributed by atoms with E-state index in [1.54, 1.807) is 12.4 Å². The summed E-state index contributed by atoms with van der Waals surface area (Å²) in [6, 6.07) is 4.09. The summed E-state index contributed by atoms with van der Waals surface area (Å²) in [6.45, 7) is 1.01. The molecule has 136 valence electrons. The van der Waals surface area contributed by atoms with E-state index in [0.717, 1.165) is 18.4 Å². The first-order valence-corrected chi connectivity index (χ1v) is 9.52. The summed E-state index contributed by atoms with van der Waals surface area (Å²) in [7, 11) is 0. The molecule has 4 aliphatic rings. The summed E-state index contributed by atoms with van der Waals surface area (Å²) in [5, 5.41) is 2.98. The van der Waals surface area contributed by atoms with Crippen LogP contribution in [0.5, 0.6) is 0 Å². The molecule has 0 radical (unpaired) electrons. The van der Waals surface area contributed by atoms with Crippen molar-refractivity contribution < 1.29 is 14.3 Å². The molecular formula is C20H23N3O3. The van der Waals surface area contributed by atoms with Crippen molar-refractivity contribution in [2.24, 2.45) is 11.8 Å². The van der Waals surface area contributed by atoms with Crippen molar-refractivity contribution in [3.63, 3.8) is 0 Å². The monoisotopic (exact) mass is 353 g/mol. The van der Waals surface area contributed by atoms with E-state index in [9.17, 15) is 9.59 Å². The summed E-state index contributed by atoms with van der Waals surface area (Å²) in [5.41, 5.74) is 0.348. The highest BCUT2D eigenvalue weighted by molar-refractivity contribution is 5.93. The fraction of sp³-hybridized carbons (Fsp3) is 0.550. The summed E-state index contributed by atoms with van der Waals surface area (Å²) in [5.74, 6) is -0.815. The highest BCUT2D eigenvalue weighted by Gasteiger charge is 2.67. The summed E-state index contributed by atoms with van der Waals surface area (Å²) >= 11 is 0. The molecule has 0 unspecified atom stereocenters. The Hall–Kier alpha value is -2.21. The lowest BCUT2D eigenvalue weighted by molar-refractivity contribution is -0.138. The maximum Gasteiger partial charge on any atom is 0.230 e. The van der Waals surface area contributed by atoms with Gasteiger partial charge in [0.2, 0.25) is 11.8 Å². The molecule has 4 atom stereocenters. The van der Waals surface area contributed by atoms with Gasteiger partial charge in [-0.3, -0.25) is 14.6 Å². The minimum absolute atomic E-state index is 0.100. The third-order valence-corrected chi connectivity index (χ3v) is 6.39. The van der Waals surface area contributed by atoms with Gasteiger partial charge < -0.3 is 15.0 Å². The number of pyridine rings is 1. The van der Waals surface area contributed by atoms with Gasteiger partial charge in [-0.25, -0.2) is 0 Å². The zero-order valence-corrected chi connectivity index (χ0v) is 14.6. The Morgan fingerprint density at radius 3 is 3.00 bits per heavy atom. The number of nitrogens with zero attached hydrogens (tertiary/aromatic N) is 2. The van der Waals surface area contributed by atoms with E-state index in [0.29, 0.717) is 19.1 Å². The number of carbonyl (C=O) groups excluding carboxylic acids is 2. The van der Waals surface area contributed by atoms with Crippen LogP contribution in [0.2, 0.25) is 0 Å². The zero-order chi connectivity index (χ0) is 17.7. The molecule has 4 heterocycles.